The Balaban J connectivity index is 1.97. The highest BCUT2D eigenvalue weighted by molar-refractivity contribution is 6.35. The van der Waals surface area contributed by atoms with Crippen LogP contribution in [0.15, 0.2) is 54.6 Å². The van der Waals surface area contributed by atoms with Crippen LogP contribution in [-0.2, 0) is 0 Å². The molecule has 3 aromatic rings. The molecule has 0 spiro atoms. The number of imide groups is 1. The van der Waals surface area contributed by atoms with Crippen LogP contribution in [0.1, 0.15) is 20.7 Å². The number of hydrogen-bond donors (Lipinski definition) is 0. The summed E-state index contributed by atoms with van der Waals surface area (Å²) in [5, 5.41) is 1.37. The first-order chi connectivity index (χ1) is 11.1. The zero-order valence-electron chi connectivity index (χ0n) is 11.7. The van der Waals surface area contributed by atoms with E-state index < -0.39 is 23.4 Å². The summed E-state index contributed by atoms with van der Waals surface area (Å²) >= 11 is 0. The normalized spacial score (nSPS) is 13.7. The summed E-state index contributed by atoms with van der Waals surface area (Å²) in [5.74, 6) is -3.25. The molecule has 0 fully saturated rings. The number of halogens is 2. The Morgan fingerprint density at radius 3 is 1.91 bits per heavy atom. The van der Waals surface area contributed by atoms with Crippen molar-refractivity contribution in [3.05, 3.63) is 77.4 Å². The van der Waals surface area contributed by atoms with E-state index >= 15 is 0 Å². The second-order valence-corrected chi connectivity index (χ2v) is 5.25. The van der Waals surface area contributed by atoms with Crippen LogP contribution in [-0.4, -0.2) is 11.8 Å². The highest BCUT2D eigenvalue weighted by Crippen LogP contribution is 2.33. The third-order valence-electron chi connectivity index (χ3n) is 3.93. The predicted molar refractivity (Wildman–Crippen MR) is 81.4 cm³/mol. The van der Waals surface area contributed by atoms with Crippen LogP contribution in [0.3, 0.4) is 0 Å². The highest BCUT2D eigenvalue weighted by atomic mass is 19.2. The van der Waals surface area contributed by atoms with E-state index in [-0.39, 0.29) is 5.69 Å². The average molecular weight is 309 g/mol. The van der Waals surface area contributed by atoms with Crippen molar-refractivity contribution >= 4 is 28.3 Å². The molecule has 112 valence electrons. The maximum Gasteiger partial charge on any atom is 0.265 e. The monoisotopic (exact) mass is 309 g/mol. The summed E-state index contributed by atoms with van der Waals surface area (Å²) < 4.78 is 26.6. The lowest BCUT2D eigenvalue weighted by Crippen LogP contribution is -2.40. The molecule has 1 aliphatic heterocycles. The van der Waals surface area contributed by atoms with E-state index in [9.17, 15) is 18.4 Å². The van der Waals surface area contributed by atoms with Gasteiger partial charge in [-0.1, -0.05) is 24.3 Å². The first-order valence-electron chi connectivity index (χ1n) is 6.93. The summed E-state index contributed by atoms with van der Waals surface area (Å²) in [6.07, 6.45) is 0. The fourth-order valence-corrected chi connectivity index (χ4v) is 2.89. The topological polar surface area (TPSA) is 37.4 Å². The number of amides is 2. The van der Waals surface area contributed by atoms with E-state index in [1.807, 2.05) is 12.1 Å². The zero-order valence-corrected chi connectivity index (χ0v) is 11.7. The molecule has 0 aromatic heterocycles. The van der Waals surface area contributed by atoms with Crippen LogP contribution in [0, 0.1) is 11.6 Å². The number of benzene rings is 3. The van der Waals surface area contributed by atoms with Gasteiger partial charge in [-0.3, -0.25) is 9.59 Å². The molecule has 1 heterocycles. The standard InChI is InChI=1S/C18H9F2NO2/c19-14-8-7-11(9-15(14)20)21-17(22)12-5-1-3-10-4-2-6-13(16(10)12)18(21)23/h1-9H. The molecule has 0 saturated carbocycles. The average Bonchev–Trinajstić information content (AvgIpc) is 2.56. The number of hydrogen-bond acceptors (Lipinski definition) is 2. The van der Waals surface area contributed by atoms with Crippen molar-refractivity contribution in [1.29, 1.82) is 0 Å². The molecule has 0 unspecified atom stereocenters. The smallest absolute Gasteiger partial charge is 0.265 e. The van der Waals surface area contributed by atoms with Crippen LogP contribution in [0.5, 0.6) is 0 Å². The second-order valence-electron chi connectivity index (χ2n) is 5.25. The van der Waals surface area contributed by atoms with Gasteiger partial charge in [0.25, 0.3) is 11.8 Å². The lowest BCUT2D eigenvalue weighted by Gasteiger charge is -2.27. The van der Waals surface area contributed by atoms with Gasteiger partial charge in [0.2, 0.25) is 0 Å². The number of nitrogens with zero attached hydrogens (tertiary/aromatic N) is 1. The Morgan fingerprint density at radius 2 is 1.35 bits per heavy atom. The van der Waals surface area contributed by atoms with E-state index in [4.69, 9.17) is 0 Å². The first-order valence-corrected chi connectivity index (χ1v) is 6.93. The summed E-state index contributed by atoms with van der Waals surface area (Å²) in [6.45, 7) is 0. The lowest BCUT2D eigenvalue weighted by molar-refractivity contribution is 0.0893. The van der Waals surface area contributed by atoms with Crippen molar-refractivity contribution in [3.63, 3.8) is 0 Å². The minimum Gasteiger partial charge on any atom is -0.268 e. The van der Waals surface area contributed by atoms with E-state index in [2.05, 4.69) is 0 Å². The predicted octanol–water partition coefficient (Wildman–Crippen LogP) is 3.92. The largest absolute Gasteiger partial charge is 0.268 e. The Bertz CT molecular complexity index is 947. The second kappa shape index (κ2) is 4.71. The quantitative estimate of drug-likeness (QED) is 0.639. The van der Waals surface area contributed by atoms with Gasteiger partial charge in [0, 0.05) is 22.6 Å². The van der Waals surface area contributed by atoms with Gasteiger partial charge in [-0.05, 0) is 29.7 Å². The third-order valence-corrected chi connectivity index (χ3v) is 3.93. The van der Waals surface area contributed by atoms with Crippen LogP contribution in [0.25, 0.3) is 10.8 Å². The molecule has 5 heteroatoms. The molecule has 0 bridgehead atoms. The van der Waals surface area contributed by atoms with Gasteiger partial charge in [0.05, 0.1) is 5.69 Å². The van der Waals surface area contributed by atoms with Gasteiger partial charge >= 0.3 is 0 Å². The van der Waals surface area contributed by atoms with E-state index in [1.54, 1.807) is 24.3 Å². The van der Waals surface area contributed by atoms with Gasteiger partial charge < -0.3 is 0 Å². The summed E-state index contributed by atoms with van der Waals surface area (Å²) in [5.41, 5.74) is 0.732. The summed E-state index contributed by atoms with van der Waals surface area (Å²) in [7, 11) is 0. The maximum absolute atomic E-state index is 13.5. The van der Waals surface area contributed by atoms with Crippen molar-refractivity contribution in [2.75, 3.05) is 4.90 Å². The van der Waals surface area contributed by atoms with Crippen LogP contribution >= 0.6 is 0 Å². The molecule has 1 aliphatic rings. The number of carbonyl (C=O) groups excluding carboxylic acids is 2. The van der Waals surface area contributed by atoms with Crippen LogP contribution in [0.2, 0.25) is 0 Å². The molecular formula is C18H9F2NO2. The Kier molecular flexibility index (Phi) is 2.78. The molecular weight excluding hydrogens is 300 g/mol. The lowest BCUT2D eigenvalue weighted by atomic mass is 9.94. The van der Waals surface area contributed by atoms with Gasteiger partial charge in [-0.2, -0.15) is 0 Å². The summed E-state index contributed by atoms with van der Waals surface area (Å²) in [4.78, 5) is 26.3. The Morgan fingerprint density at radius 1 is 0.739 bits per heavy atom. The van der Waals surface area contributed by atoms with Crippen molar-refractivity contribution in [3.8, 4) is 0 Å². The number of rotatable bonds is 1. The molecule has 0 radical (unpaired) electrons. The van der Waals surface area contributed by atoms with Gasteiger partial charge in [0.1, 0.15) is 0 Å². The van der Waals surface area contributed by atoms with Gasteiger partial charge in [-0.25, -0.2) is 13.7 Å². The van der Waals surface area contributed by atoms with Gasteiger partial charge in [0.15, 0.2) is 11.6 Å². The van der Waals surface area contributed by atoms with E-state index in [1.165, 1.54) is 6.07 Å². The molecule has 23 heavy (non-hydrogen) atoms. The van der Waals surface area contributed by atoms with Crippen molar-refractivity contribution < 1.29 is 18.4 Å². The first kappa shape index (κ1) is 13.6. The molecule has 4 rings (SSSR count). The maximum atomic E-state index is 13.5. The molecule has 0 aliphatic carbocycles. The molecule has 0 N–H and O–H groups in total. The Labute approximate surface area is 129 Å². The fraction of sp³-hybridized carbons (Fsp3) is 0. The molecule has 0 atom stereocenters. The molecule has 2 amide bonds. The van der Waals surface area contributed by atoms with Gasteiger partial charge in [-0.15, -0.1) is 0 Å². The van der Waals surface area contributed by atoms with Crippen molar-refractivity contribution in [2.24, 2.45) is 0 Å². The van der Waals surface area contributed by atoms with Crippen molar-refractivity contribution in [1.82, 2.24) is 0 Å². The Hall–Kier alpha value is -3.08. The van der Waals surface area contributed by atoms with Crippen LogP contribution in [0.4, 0.5) is 14.5 Å². The third kappa shape index (κ3) is 1.86. The molecule has 0 saturated heterocycles. The van der Waals surface area contributed by atoms with Crippen LogP contribution < -0.4 is 4.90 Å². The fourth-order valence-electron chi connectivity index (χ4n) is 2.89. The zero-order chi connectivity index (χ0) is 16.1. The minimum absolute atomic E-state index is 0.00501. The number of carbonyl (C=O) groups is 2. The minimum atomic E-state index is -1.11. The SMILES string of the molecule is O=C1c2cccc3cccc(c23)C(=O)N1c1ccc(F)c(F)c1. The van der Waals surface area contributed by atoms with Crippen molar-refractivity contribution in [2.45, 2.75) is 0 Å². The highest BCUT2D eigenvalue weighted by Gasteiger charge is 2.34. The van der Waals surface area contributed by atoms with E-state index in [0.29, 0.717) is 16.5 Å². The van der Waals surface area contributed by atoms with E-state index in [0.717, 1.165) is 22.4 Å². The number of anilines is 1. The molecule has 3 nitrogen and oxygen atoms in total. The molecule has 3 aromatic carbocycles. The summed E-state index contributed by atoms with van der Waals surface area (Å²) in [6, 6.07) is 13.3.